The maximum Gasteiger partial charge on any atom is 0.323 e. The van der Waals surface area contributed by atoms with Crippen LogP contribution in [0.25, 0.3) is 0 Å². The van der Waals surface area contributed by atoms with E-state index in [2.05, 4.69) is 43.4 Å². The van der Waals surface area contributed by atoms with E-state index in [9.17, 15) is 9.59 Å². The van der Waals surface area contributed by atoms with Crippen LogP contribution in [0.3, 0.4) is 0 Å². The molecule has 1 amide bonds. The molecule has 0 saturated heterocycles. The van der Waals surface area contributed by atoms with Crippen LogP contribution >= 0.6 is 0 Å². The number of rotatable bonds is 10. The van der Waals surface area contributed by atoms with Gasteiger partial charge in [-0.05, 0) is 54.9 Å². The van der Waals surface area contributed by atoms with Gasteiger partial charge < -0.3 is 14.4 Å². The highest BCUT2D eigenvalue weighted by molar-refractivity contribution is 5.99. The Hall–Kier alpha value is -2.86. The van der Waals surface area contributed by atoms with Gasteiger partial charge in [0.05, 0.1) is 18.8 Å². The third-order valence-electron chi connectivity index (χ3n) is 7.67. The quantitative estimate of drug-likeness (QED) is 0.401. The number of hydrogen-bond donors (Lipinski definition) is 1. The number of nitrogens with zero attached hydrogens (tertiary/aromatic N) is 1. The molecule has 6 nitrogen and oxygen atoms in total. The molecular formula is C31H42N2O4. The molecule has 0 radical (unpaired) electrons. The molecule has 0 aromatic heterocycles. The Bertz CT molecular complexity index is 1030. The van der Waals surface area contributed by atoms with Gasteiger partial charge in [0.15, 0.2) is 0 Å². The van der Waals surface area contributed by atoms with E-state index in [0.29, 0.717) is 37.2 Å². The van der Waals surface area contributed by atoms with Gasteiger partial charge in [0.2, 0.25) is 5.91 Å². The first-order chi connectivity index (χ1) is 18.0. The van der Waals surface area contributed by atoms with Gasteiger partial charge in [-0.3, -0.25) is 14.9 Å². The van der Waals surface area contributed by atoms with Crippen LogP contribution in [0.2, 0.25) is 0 Å². The number of amides is 1. The number of esters is 1. The fourth-order valence-corrected chi connectivity index (χ4v) is 5.46. The lowest BCUT2D eigenvalue weighted by atomic mass is 9.85. The molecule has 1 saturated carbocycles. The number of carbonyl (C=O) groups is 2. The molecule has 1 aliphatic heterocycles. The molecule has 1 heterocycles. The third-order valence-corrected chi connectivity index (χ3v) is 7.67. The molecule has 2 aromatic carbocycles. The number of fused-ring (bicyclic) bond motifs is 1. The maximum atomic E-state index is 13.9. The first kappa shape index (κ1) is 27.2. The highest BCUT2D eigenvalue weighted by Crippen LogP contribution is 2.33. The lowest BCUT2D eigenvalue weighted by molar-refractivity contribution is -0.146. The Morgan fingerprint density at radius 3 is 2.51 bits per heavy atom. The lowest BCUT2D eigenvalue weighted by Crippen LogP contribution is -2.54. The van der Waals surface area contributed by atoms with Crippen molar-refractivity contribution in [2.75, 3.05) is 18.1 Å². The molecular weight excluding hydrogens is 464 g/mol. The van der Waals surface area contributed by atoms with Gasteiger partial charge in [-0.15, -0.1) is 0 Å². The molecule has 0 unspecified atom stereocenters. The summed E-state index contributed by atoms with van der Waals surface area (Å²) < 4.78 is 11.5. The summed E-state index contributed by atoms with van der Waals surface area (Å²) in [4.78, 5) is 28.6. The standard InChI is InChI=1S/C31H42N2O4/c1-4-36-31(35)26(19-16-23-10-6-5-7-11-23)32-27-21-37-29-13-9-8-12-28(29)33(30(27)34)20-24-14-17-25(18-15-24)22(2)3/h8-9,12-15,17-18,22-23,26-27,32H,4-7,10-11,16,19-21H2,1-3H3/t26-,27+/m0/s1. The number of anilines is 1. The van der Waals surface area contributed by atoms with Crippen molar-refractivity contribution in [3.8, 4) is 5.75 Å². The van der Waals surface area contributed by atoms with Crippen molar-refractivity contribution in [3.63, 3.8) is 0 Å². The predicted octanol–water partition coefficient (Wildman–Crippen LogP) is 5.99. The number of ether oxygens (including phenoxy) is 2. The largest absolute Gasteiger partial charge is 0.489 e. The zero-order valence-electron chi connectivity index (χ0n) is 22.6. The topological polar surface area (TPSA) is 67.9 Å². The number of carbonyl (C=O) groups excluding carboxylic acids is 2. The Kier molecular flexibility index (Phi) is 9.62. The van der Waals surface area contributed by atoms with Crippen LogP contribution in [0.15, 0.2) is 48.5 Å². The highest BCUT2D eigenvalue weighted by atomic mass is 16.5. The molecule has 1 fully saturated rings. The van der Waals surface area contributed by atoms with E-state index in [0.717, 1.165) is 17.7 Å². The van der Waals surface area contributed by atoms with Crippen LogP contribution in [0.1, 0.15) is 82.8 Å². The smallest absolute Gasteiger partial charge is 0.323 e. The molecule has 200 valence electrons. The summed E-state index contributed by atoms with van der Waals surface area (Å²) in [7, 11) is 0. The highest BCUT2D eigenvalue weighted by Gasteiger charge is 2.35. The zero-order valence-corrected chi connectivity index (χ0v) is 22.6. The van der Waals surface area contributed by atoms with Gasteiger partial charge >= 0.3 is 5.97 Å². The molecule has 4 rings (SSSR count). The average Bonchev–Trinajstić information content (AvgIpc) is 3.04. The van der Waals surface area contributed by atoms with Crippen molar-refractivity contribution in [3.05, 3.63) is 59.7 Å². The van der Waals surface area contributed by atoms with E-state index in [1.165, 1.54) is 37.7 Å². The van der Waals surface area contributed by atoms with Crippen LogP contribution in [0.5, 0.6) is 5.75 Å². The monoisotopic (exact) mass is 506 g/mol. The minimum Gasteiger partial charge on any atom is -0.489 e. The summed E-state index contributed by atoms with van der Waals surface area (Å²) >= 11 is 0. The second-order valence-corrected chi connectivity index (χ2v) is 10.7. The SMILES string of the molecule is CCOC(=O)[C@H](CCC1CCCCC1)N[C@@H]1COc2ccccc2N(Cc2ccc(C(C)C)cc2)C1=O. The van der Waals surface area contributed by atoms with Crippen molar-refractivity contribution in [1.82, 2.24) is 5.32 Å². The zero-order chi connectivity index (χ0) is 26.2. The van der Waals surface area contributed by atoms with Gasteiger partial charge in [0, 0.05) is 0 Å². The second kappa shape index (κ2) is 13.1. The van der Waals surface area contributed by atoms with E-state index in [1.54, 1.807) is 4.90 Å². The fourth-order valence-electron chi connectivity index (χ4n) is 5.46. The molecule has 6 heteroatoms. The van der Waals surface area contributed by atoms with Gasteiger partial charge in [-0.1, -0.05) is 82.3 Å². The minimum absolute atomic E-state index is 0.0927. The molecule has 37 heavy (non-hydrogen) atoms. The third kappa shape index (κ3) is 7.13. The summed E-state index contributed by atoms with van der Waals surface area (Å²) in [5.74, 6) is 1.38. The summed E-state index contributed by atoms with van der Waals surface area (Å²) in [5.41, 5.74) is 3.07. The van der Waals surface area contributed by atoms with E-state index in [4.69, 9.17) is 9.47 Å². The fraction of sp³-hybridized carbons (Fsp3) is 0.548. The molecule has 0 bridgehead atoms. The molecule has 1 aliphatic carbocycles. The van der Waals surface area contributed by atoms with Crippen molar-refractivity contribution in [1.29, 1.82) is 0 Å². The second-order valence-electron chi connectivity index (χ2n) is 10.7. The van der Waals surface area contributed by atoms with E-state index in [-0.39, 0.29) is 18.5 Å². The number of benzene rings is 2. The average molecular weight is 507 g/mol. The molecule has 0 spiro atoms. The van der Waals surface area contributed by atoms with Crippen molar-refractivity contribution < 1.29 is 19.1 Å². The van der Waals surface area contributed by atoms with Gasteiger partial charge in [0.1, 0.15) is 24.4 Å². The predicted molar refractivity (Wildman–Crippen MR) is 147 cm³/mol. The van der Waals surface area contributed by atoms with Crippen LogP contribution in [-0.2, 0) is 20.9 Å². The lowest BCUT2D eigenvalue weighted by Gasteiger charge is -2.28. The summed E-state index contributed by atoms with van der Waals surface area (Å²) in [6.45, 7) is 7.08. The number of hydrogen-bond acceptors (Lipinski definition) is 5. The molecule has 2 aliphatic rings. The van der Waals surface area contributed by atoms with Gasteiger partial charge in [-0.2, -0.15) is 0 Å². The normalized spacial score (nSPS) is 19.2. The Morgan fingerprint density at radius 2 is 1.81 bits per heavy atom. The van der Waals surface area contributed by atoms with Crippen LogP contribution in [-0.4, -0.2) is 37.2 Å². The van der Waals surface area contributed by atoms with Crippen LogP contribution in [0.4, 0.5) is 5.69 Å². The van der Waals surface area contributed by atoms with E-state index < -0.39 is 12.1 Å². The van der Waals surface area contributed by atoms with Crippen molar-refractivity contribution in [2.45, 2.75) is 90.3 Å². The summed E-state index contributed by atoms with van der Waals surface area (Å²) in [6, 6.07) is 14.9. The molecule has 1 N–H and O–H groups in total. The minimum atomic E-state index is -0.650. The first-order valence-electron chi connectivity index (χ1n) is 14.0. The summed E-state index contributed by atoms with van der Waals surface area (Å²) in [5, 5.41) is 3.35. The first-order valence-corrected chi connectivity index (χ1v) is 14.0. The Morgan fingerprint density at radius 1 is 1.08 bits per heavy atom. The van der Waals surface area contributed by atoms with Crippen LogP contribution in [0, 0.1) is 5.92 Å². The van der Waals surface area contributed by atoms with E-state index in [1.807, 2.05) is 31.2 Å². The Labute approximate surface area is 221 Å². The maximum absolute atomic E-state index is 13.9. The summed E-state index contributed by atoms with van der Waals surface area (Å²) in [6.07, 6.45) is 7.91. The number of nitrogens with one attached hydrogen (secondary N) is 1. The molecule has 2 atom stereocenters. The van der Waals surface area contributed by atoms with Crippen molar-refractivity contribution >= 4 is 17.6 Å². The van der Waals surface area contributed by atoms with Crippen molar-refractivity contribution in [2.24, 2.45) is 5.92 Å². The molecule has 2 aromatic rings. The number of para-hydroxylation sites is 2. The van der Waals surface area contributed by atoms with Crippen LogP contribution < -0.4 is 15.0 Å². The van der Waals surface area contributed by atoms with Gasteiger partial charge in [0.25, 0.3) is 0 Å². The Balaban J connectivity index is 1.53. The van der Waals surface area contributed by atoms with E-state index >= 15 is 0 Å². The van der Waals surface area contributed by atoms with Gasteiger partial charge in [-0.25, -0.2) is 0 Å².